The van der Waals surface area contributed by atoms with Gasteiger partial charge >= 0.3 is 5.97 Å². The maximum Gasteiger partial charge on any atom is 0.328 e. The minimum atomic E-state index is -0.864. The van der Waals surface area contributed by atoms with E-state index in [0.717, 1.165) is 38.9 Å². The van der Waals surface area contributed by atoms with Gasteiger partial charge in [0.25, 0.3) is 0 Å². The van der Waals surface area contributed by atoms with Gasteiger partial charge in [-0.25, -0.2) is 4.79 Å². The third-order valence-corrected chi connectivity index (χ3v) is 10.1. The van der Waals surface area contributed by atoms with E-state index in [1.165, 1.54) is 7.11 Å². The highest BCUT2D eigenvalue weighted by Gasteiger charge is 2.31. The Hall–Kier alpha value is -5.53. The number of hydrogen-bond donors (Lipinski definition) is 2. The fraction of sp³-hybridized carbons (Fsp3) is 0.214. The number of carbonyl (C=O) groups is 2. The number of esters is 1. The summed E-state index contributed by atoms with van der Waals surface area (Å²) in [5, 5.41) is 16.3. The molecular weight excluding hydrogens is 713 g/mol. The van der Waals surface area contributed by atoms with E-state index in [9.17, 15) is 9.59 Å². The average molecular weight is 749 g/mol. The van der Waals surface area contributed by atoms with Crippen LogP contribution in [0.4, 0.5) is 0 Å². The number of methoxy groups -OCH3 is 1. The van der Waals surface area contributed by atoms with Gasteiger partial charge in [0.15, 0.2) is 17.6 Å². The van der Waals surface area contributed by atoms with E-state index >= 15 is 0 Å². The molecule has 53 heavy (non-hydrogen) atoms. The van der Waals surface area contributed by atoms with Crippen molar-refractivity contribution in [3.63, 3.8) is 0 Å². The van der Waals surface area contributed by atoms with Crippen LogP contribution in [-0.4, -0.2) is 37.7 Å². The maximum atomic E-state index is 13.5. The normalized spacial score (nSPS) is 16.4. The van der Waals surface area contributed by atoms with Crippen molar-refractivity contribution < 1.29 is 28.5 Å². The van der Waals surface area contributed by atoms with Crippen LogP contribution in [0.3, 0.4) is 0 Å². The van der Waals surface area contributed by atoms with Crippen LogP contribution in [0.1, 0.15) is 39.5 Å². The number of hydrogen-bond acceptors (Lipinski definition) is 8. The molecule has 2 heterocycles. The zero-order chi connectivity index (χ0) is 36.9. The molecule has 2 N–H and O–H groups in total. The Kier molecular flexibility index (Phi) is 10.8. The van der Waals surface area contributed by atoms with Crippen LogP contribution >= 0.6 is 23.2 Å². The number of benzene rings is 5. The SMILES string of the molecule is COC(=O)C(Cc1ccc(-c2ccc(C#N)cc2)cc1)NC(=O)[C@@H]1Cc2cc3c(cc2CN1)O[C@@H](c1ccc(OCc2ccc(Cl)c(Cl)c2)cc1)CO3. The van der Waals surface area contributed by atoms with Crippen molar-refractivity contribution >= 4 is 35.1 Å². The minimum Gasteiger partial charge on any atom is -0.489 e. The van der Waals surface area contributed by atoms with Gasteiger partial charge in [-0.15, -0.1) is 0 Å². The largest absolute Gasteiger partial charge is 0.489 e. The number of fused-ring (bicyclic) bond motifs is 2. The van der Waals surface area contributed by atoms with E-state index in [2.05, 4.69) is 16.7 Å². The van der Waals surface area contributed by atoms with Crippen LogP contribution in [-0.2, 0) is 40.3 Å². The van der Waals surface area contributed by atoms with Gasteiger partial charge in [0.1, 0.15) is 25.0 Å². The maximum absolute atomic E-state index is 13.5. The molecule has 1 unspecified atom stereocenters. The lowest BCUT2D eigenvalue weighted by Crippen LogP contribution is -2.53. The van der Waals surface area contributed by atoms with Crippen LogP contribution in [0.5, 0.6) is 17.2 Å². The van der Waals surface area contributed by atoms with Crippen LogP contribution < -0.4 is 24.8 Å². The highest BCUT2D eigenvalue weighted by atomic mass is 35.5. The highest BCUT2D eigenvalue weighted by molar-refractivity contribution is 6.42. The smallest absolute Gasteiger partial charge is 0.328 e. The Morgan fingerprint density at radius 1 is 0.887 bits per heavy atom. The summed E-state index contributed by atoms with van der Waals surface area (Å²) in [5.41, 5.74) is 7.27. The molecule has 0 aromatic heterocycles. The molecule has 0 spiro atoms. The lowest BCUT2D eigenvalue weighted by Gasteiger charge is -2.31. The second-order valence-electron chi connectivity index (χ2n) is 12.9. The Morgan fingerprint density at radius 3 is 2.28 bits per heavy atom. The minimum absolute atomic E-state index is 0.268. The summed E-state index contributed by atoms with van der Waals surface area (Å²) in [5.74, 6) is 1.16. The van der Waals surface area contributed by atoms with Gasteiger partial charge in [0, 0.05) is 13.0 Å². The molecule has 3 atom stereocenters. The number of rotatable bonds is 10. The first kappa shape index (κ1) is 35.9. The lowest BCUT2D eigenvalue weighted by molar-refractivity contribution is -0.145. The van der Waals surface area contributed by atoms with Crippen LogP contribution in [0.15, 0.2) is 103 Å². The summed E-state index contributed by atoms with van der Waals surface area (Å²) < 4.78 is 23.5. The van der Waals surface area contributed by atoms with E-state index < -0.39 is 18.1 Å². The first-order valence-electron chi connectivity index (χ1n) is 17.1. The van der Waals surface area contributed by atoms with Crippen LogP contribution in [0, 0.1) is 11.3 Å². The molecule has 2 aliphatic rings. The third-order valence-electron chi connectivity index (χ3n) is 9.39. The predicted molar refractivity (Wildman–Crippen MR) is 201 cm³/mol. The topological polar surface area (TPSA) is 119 Å². The highest BCUT2D eigenvalue weighted by Crippen LogP contribution is 2.40. The molecular formula is C42H35Cl2N3O6. The summed E-state index contributed by atoms with van der Waals surface area (Å²) in [6.07, 6.45) is 0.379. The number of carbonyl (C=O) groups excluding carboxylic acids is 2. The van der Waals surface area contributed by atoms with Crippen molar-refractivity contribution in [2.45, 2.75) is 44.2 Å². The standard InChI is InChI=1S/C42H35Cl2N3O6/c1-50-42(49)37(17-25-2-7-28(8-3-25)29-9-4-26(21-45)5-10-29)47-41(48)36-18-31-19-38-39(20-32(31)22-46-36)53-40(24-52-38)30-11-13-33(14-12-30)51-23-27-6-15-34(43)35(44)16-27/h2-16,19-20,36-37,40,46H,17-18,22-24H2,1H3,(H,47,48)/t36-,37?,40+/m0/s1. The molecule has 11 heteroatoms. The van der Waals surface area contributed by atoms with Crippen molar-refractivity contribution in [1.82, 2.24) is 10.6 Å². The summed E-state index contributed by atoms with van der Waals surface area (Å²) in [6.45, 7) is 1.13. The van der Waals surface area contributed by atoms with Gasteiger partial charge in [0.2, 0.25) is 5.91 Å². The first-order valence-corrected chi connectivity index (χ1v) is 17.8. The molecule has 0 saturated heterocycles. The fourth-order valence-corrected chi connectivity index (χ4v) is 6.74. The van der Waals surface area contributed by atoms with Crippen LogP contribution in [0.25, 0.3) is 11.1 Å². The van der Waals surface area contributed by atoms with Gasteiger partial charge in [-0.05, 0) is 93.9 Å². The summed E-state index contributed by atoms with van der Waals surface area (Å²) >= 11 is 12.1. The van der Waals surface area contributed by atoms with Crippen molar-refractivity contribution in [3.05, 3.63) is 147 Å². The number of halogens is 2. The number of nitrogens with one attached hydrogen (secondary N) is 2. The quantitative estimate of drug-likeness (QED) is 0.141. The molecule has 2 aliphatic heterocycles. The number of ether oxygens (including phenoxy) is 4. The zero-order valence-electron chi connectivity index (χ0n) is 28.7. The molecule has 1 amide bonds. The molecule has 0 saturated carbocycles. The number of nitriles is 1. The Bertz CT molecular complexity index is 2170. The third kappa shape index (κ3) is 8.42. The van der Waals surface area contributed by atoms with E-state index in [1.54, 1.807) is 24.3 Å². The number of amides is 1. The second kappa shape index (κ2) is 16.0. The van der Waals surface area contributed by atoms with Crippen molar-refractivity contribution in [1.29, 1.82) is 5.26 Å². The molecule has 0 radical (unpaired) electrons. The van der Waals surface area contributed by atoms with E-state index in [4.69, 9.17) is 47.4 Å². The Morgan fingerprint density at radius 2 is 1.58 bits per heavy atom. The Labute approximate surface area is 317 Å². The molecule has 268 valence electrons. The van der Waals surface area contributed by atoms with Crippen LogP contribution in [0.2, 0.25) is 10.0 Å². The van der Waals surface area contributed by atoms with Crippen molar-refractivity contribution in [2.24, 2.45) is 0 Å². The molecule has 5 aromatic rings. The lowest BCUT2D eigenvalue weighted by atomic mass is 9.94. The van der Waals surface area contributed by atoms with Crippen molar-refractivity contribution in [2.75, 3.05) is 13.7 Å². The molecule has 7 rings (SSSR count). The van der Waals surface area contributed by atoms with Gasteiger partial charge in [-0.1, -0.05) is 77.8 Å². The second-order valence-corrected chi connectivity index (χ2v) is 13.7. The van der Waals surface area contributed by atoms with Crippen molar-refractivity contribution in [3.8, 4) is 34.4 Å². The molecule has 0 aliphatic carbocycles. The molecule has 9 nitrogen and oxygen atoms in total. The Balaban J connectivity index is 0.949. The zero-order valence-corrected chi connectivity index (χ0v) is 30.2. The fourth-order valence-electron chi connectivity index (χ4n) is 6.42. The van der Waals surface area contributed by atoms with E-state index in [1.807, 2.05) is 78.9 Å². The summed E-state index contributed by atoms with van der Waals surface area (Å²) in [7, 11) is 1.31. The molecule has 5 aromatic carbocycles. The van der Waals surface area contributed by atoms with Gasteiger partial charge in [-0.2, -0.15) is 5.26 Å². The van der Waals surface area contributed by atoms with E-state index in [-0.39, 0.29) is 18.4 Å². The van der Waals surface area contributed by atoms with Gasteiger partial charge in [0.05, 0.1) is 34.8 Å². The summed E-state index contributed by atoms with van der Waals surface area (Å²) in [6, 6.07) is 32.8. The molecule has 0 bridgehead atoms. The monoisotopic (exact) mass is 747 g/mol. The van der Waals surface area contributed by atoms with E-state index in [0.29, 0.717) is 59.0 Å². The molecule has 0 fully saturated rings. The first-order chi connectivity index (χ1) is 25.8. The predicted octanol–water partition coefficient (Wildman–Crippen LogP) is 7.54. The average Bonchev–Trinajstić information content (AvgIpc) is 3.20. The van der Waals surface area contributed by atoms with Gasteiger partial charge in [-0.3, -0.25) is 4.79 Å². The summed E-state index contributed by atoms with van der Waals surface area (Å²) in [4.78, 5) is 26.3. The van der Waals surface area contributed by atoms with Gasteiger partial charge < -0.3 is 29.6 Å². The number of nitrogens with zero attached hydrogens (tertiary/aromatic N) is 1.